The quantitative estimate of drug-likeness (QED) is 0.914. The van der Waals surface area contributed by atoms with Gasteiger partial charge in [-0.1, -0.05) is 28.1 Å². The van der Waals surface area contributed by atoms with E-state index in [1.165, 1.54) is 5.56 Å². The van der Waals surface area contributed by atoms with Gasteiger partial charge in [-0.2, -0.15) is 0 Å². The Morgan fingerprint density at radius 3 is 2.56 bits per heavy atom. The molecule has 0 aliphatic heterocycles. The van der Waals surface area contributed by atoms with E-state index in [0.29, 0.717) is 0 Å². The maximum Gasteiger partial charge on any atom is 0.0946 e. The lowest BCUT2D eigenvalue weighted by molar-refractivity contribution is 0.0959. The van der Waals surface area contributed by atoms with Crippen molar-refractivity contribution in [2.75, 3.05) is 13.7 Å². The van der Waals surface area contributed by atoms with Crippen molar-refractivity contribution in [3.8, 4) is 0 Å². The molecule has 0 spiro atoms. The topological polar surface area (TPSA) is 21.3 Å². The van der Waals surface area contributed by atoms with Crippen LogP contribution in [0, 0.1) is 0 Å². The van der Waals surface area contributed by atoms with Crippen LogP contribution in [0.15, 0.2) is 28.7 Å². The molecule has 1 aromatic carbocycles. The molecule has 0 bridgehead atoms. The van der Waals surface area contributed by atoms with Gasteiger partial charge in [0.1, 0.15) is 0 Å². The van der Waals surface area contributed by atoms with Crippen LogP contribution in [-0.4, -0.2) is 19.2 Å². The zero-order valence-electron chi connectivity index (χ0n) is 10.4. The van der Waals surface area contributed by atoms with Crippen LogP contribution in [0.3, 0.4) is 0 Å². The fraction of sp³-hybridized carbons (Fsp3) is 0.538. The molecule has 0 aliphatic carbocycles. The number of methoxy groups -OCH3 is 1. The average Bonchev–Trinajstić information content (AvgIpc) is 2.17. The molecule has 16 heavy (non-hydrogen) atoms. The highest BCUT2D eigenvalue weighted by Crippen LogP contribution is 2.20. The molecule has 1 atom stereocenters. The summed E-state index contributed by atoms with van der Waals surface area (Å²) in [5.74, 6) is 0. The molecule has 1 aromatic rings. The molecule has 0 saturated carbocycles. The Labute approximate surface area is 107 Å². The molecule has 1 rings (SSSR count). The number of hydrogen-bond acceptors (Lipinski definition) is 2. The monoisotopic (exact) mass is 285 g/mol. The maximum atomic E-state index is 5.50. The summed E-state index contributed by atoms with van der Waals surface area (Å²) in [6.45, 7) is 7.28. The molecule has 0 heterocycles. The molecular formula is C13H20BrNO. The first-order valence-electron chi connectivity index (χ1n) is 5.45. The first-order valence-corrected chi connectivity index (χ1v) is 6.25. The van der Waals surface area contributed by atoms with Crippen LogP contribution in [0.5, 0.6) is 0 Å². The van der Waals surface area contributed by atoms with Gasteiger partial charge in [0.15, 0.2) is 0 Å². The summed E-state index contributed by atoms with van der Waals surface area (Å²) in [6.07, 6.45) is 0.0942. The fourth-order valence-electron chi connectivity index (χ4n) is 1.44. The molecule has 90 valence electrons. The van der Waals surface area contributed by atoms with E-state index in [1.54, 1.807) is 7.11 Å². The van der Waals surface area contributed by atoms with Gasteiger partial charge in [0, 0.05) is 23.7 Å². The summed E-state index contributed by atoms with van der Waals surface area (Å²) < 4.78 is 6.59. The largest absolute Gasteiger partial charge is 0.375 e. The van der Waals surface area contributed by atoms with Crippen molar-refractivity contribution in [1.82, 2.24) is 5.32 Å². The Kier molecular flexibility index (Phi) is 4.96. The van der Waals surface area contributed by atoms with Crippen LogP contribution in [0.2, 0.25) is 0 Å². The highest BCUT2D eigenvalue weighted by atomic mass is 79.9. The predicted octanol–water partition coefficient (Wildman–Crippen LogP) is 3.52. The third-order valence-electron chi connectivity index (χ3n) is 2.32. The molecular weight excluding hydrogens is 266 g/mol. The second-order valence-electron chi connectivity index (χ2n) is 4.91. The van der Waals surface area contributed by atoms with Crippen molar-refractivity contribution in [3.05, 3.63) is 34.3 Å². The van der Waals surface area contributed by atoms with Gasteiger partial charge in [0.05, 0.1) is 6.10 Å². The molecule has 2 nitrogen and oxygen atoms in total. The van der Waals surface area contributed by atoms with Crippen molar-refractivity contribution < 1.29 is 4.74 Å². The van der Waals surface area contributed by atoms with E-state index in [4.69, 9.17) is 4.74 Å². The lowest BCUT2D eigenvalue weighted by Gasteiger charge is -2.25. The summed E-state index contributed by atoms with van der Waals surface area (Å²) in [6, 6.07) is 8.23. The van der Waals surface area contributed by atoms with Crippen LogP contribution in [0.4, 0.5) is 0 Å². The van der Waals surface area contributed by atoms with Crippen LogP contribution >= 0.6 is 15.9 Å². The van der Waals surface area contributed by atoms with Crippen molar-refractivity contribution >= 4 is 15.9 Å². The Balaban J connectivity index is 2.68. The highest BCUT2D eigenvalue weighted by molar-refractivity contribution is 9.10. The highest BCUT2D eigenvalue weighted by Gasteiger charge is 2.15. The number of halogens is 1. The van der Waals surface area contributed by atoms with Gasteiger partial charge in [0.25, 0.3) is 0 Å². The molecule has 0 aliphatic rings. The van der Waals surface area contributed by atoms with E-state index < -0.39 is 0 Å². The third-order valence-corrected chi connectivity index (χ3v) is 2.82. The maximum absolute atomic E-state index is 5.50. The molecule has 1 N–H and O–H groups in total. The predicted molar refractivity (Wildman–Crippen MR) is 71.6 cm³/mol. The zero-order chi connectivity index (χ0) is 12.2. The third kappa shape index (κ3) is 4.64. The van der Waals surface area contributed by atoms with Gasteiger partial charge >= 0.3 is 0 Å². The first kappa shape index (κ1) is 13.7. The molecule has 0 saturated heterocycles. The van der Waals surface area contributed by atoms with Gasteiger partial charge in [-0.25, -0.2) is 0 Å². The van der Waals surface area contributed by atoms with E-state index in [2.05, 4.69) is 54.2 Å². The average molecular weight is 286 g/mol. The second kappa shape index (κ2) is 5.80. The van der Waals surface area contributed by atoms with Crippen LogP contribution in [0.25, 0.3) is 0 Å². The zero-order valence-corrected chi connectivity index (χ0v) is 12.0. The normalized spacial score (nSPS) is 13.8. The lowest BCUT2D eigenvalue weighted by atomic mass is 10.1. The lowest BCUT2D eigenvalue weighted by Crippen LogP contribution is -2.38. The van der Waals surface area contributed by atoms with Gasteiger partial charge in [-0.3, -0.25) is 0 Å². The molecule has 0 radical (unpaired) electrons. The summed E-state index contributed by atoms with van der Waals surface area (Å²) in [7, 11) is 1.75. The standard InChI is InChI=1S/C13H20BrNO/c1-13(2,3)15-9-12(16-4)10-6-5-7-11(14)8-10/h5-8,12,15H,9H2,1-4H3. The molecule has 1 unspecified atom stereocenters. The number of rotatable bonds is 4. The minimum Gasteiger partial charge on any atom is -0.375 e. The van der Waals surface area contributed by atoms with Crippen molar-refractivity contribution in [2.24, 2.45) is 0 Å². The summed E-state index contributed by atoms with van der Waals surface area (Å²) in [5.41, 5.74) is 1.30. The molecule has 0 fully saturated rings. The first-order chi connectivity index (χ1) is 7.42. The Bertz CT molecular complexity index is 333. The summed E-state index contributed by atoms with van der Waals surface area (Å²) >= 11 is 3.47. The van der Waals surface area contributed by atoms with Crippen molar-refractivity contribution in [3.63, 3.8) is 0 Å². The molecule has 0 amide bonds. The van der Waals surface area contributed by atoms with E-state index in [0.717, 1.165) is 11.0 Å². The number of nitrogens with one attached hydrogen (secondary N) is 1. The van der Waals surface area contributed by atoms with Gasteiger partial charge in [0.2, 0.25) is 0 Å². The van der Waals surface area contributed by atoms with Gasteiger partial charge < -0.3 is 10.1 Å². The smallest absolute Gasteiger partial charge is 0.0946 e. The van der Waals surface area contributed by atoms with E-state index in [-0.39, 0.29) is 11.6 Å². The van der Waals surface area contributed by atoms with Crippen LogP contribution in [0.1, 0.15) is 32.4 Å². The number of benzene rings is 1. The molecule has 3 heteroatoms. The van der Waals surface area contributed by atoms with E-state index in [1.807, 2.05) is 12.1 Å². The molecule has 0 aromatic heterocycles. The van der Waals surface area contributed by atoms with Crippen molar-refractivity contribution in [2.45, 2.75) is 32.4 Å². The Morgan fingerprint density at radius 1 is 1.38 bits per heavy atom. The van der Waals surface area contributed by atoms with Gasteiger partial charge in [-0.15, -0.1) is 0 Å². The van der Waals surface area contributed by atoms with Crippen LogP contribution < -0.4 is 5.32 Å². The Morgan fingerprint density at radius 2 is 2.06 bits per heavy atom. The van der Waals surface area contributed by atoms with E-state index in [9.17, 15) is 0 Å². The minimum absolute atomic E-state index is 0.0942. The van der Waals surface area contributed by atoms with Crippen LogP contribution in [-0.2, 0) is 4.74 Å². The number of ether oxygens (including phenoxy) is 1. The Hall–Kier alpha value is -0.380. The second-order valence-corrected chi connectivity index (χ2v) is 5.83. The fourth-order valence-corrected chi connectivity index (χ4v) is 1.86. The SMILES string of the molecule is COC(CNC(C)(C)C)c1cccc(Br)c1. The summed E-state index contributed by atoms with van der Waals surface area (Å²) in [5, 5.41) is 3.45. The number of hydrogen-bond donors (Lipinski definition) is 1. The van der Waals surface area contributed by atoms with Gasteiger partial charge in [-0.05, 0) is 38.5 Å². The minimum atomic E-state index is 0.0942. The van der Waals surface area contributed by atoms with Crippen molar-refractivity contribution in [1.29, 1.82) is 0 Å². The summed E-state index contributed by atoms with van der Waals surface area (Å²) in [4.78, 5) is 0. The van der Waals surface area contributed by atoms with E-state index >= 15 is 0 Å².